The second-order valence-corrected chi connectivity index (χ2v) is 44.1. The number of nitrogens with one attached hydrogen (secondary N) is 1. The van der Waals surface area contributed by atoms with Gasteiger partial charge in [-0.15, -0.1) is 0 Å². The number of hydrogen-bond donors (Lipinski definition) is 3. The predicted octanol–water partition coefficient (Wildman–Crippen LogP) is 25.2. The van der Waals surface area contributed by atoms with Crippen molar-refractivity contribution in [1.82, 2.24) is 5.32 Å². The molecule has 0 spiro atoms. The lowest BCUT2D eigenvalue weighted by atomic mass is 9.76. The number of carbonyl (C=O) groups excluding carboxylic acids is 11. The average molecular weight is 1880 g/mol. The third kappa shape index (κ3) is 96.5. The quantitative estimate of drug-likeness (QED) is 0.0310. The van der Waals surface area contributed by atoms with Gasteiger partial charge in [0.15, 0.2) is 11.6 Å². The summed E-state index contributed by atoms with van der Waals surface area (Å²) in [6.45, 7) is 74.2. The molecule has 1 aliphatic carbocycles. The van der Waals surface area contributed by atoms with Crippen LogP contribution in [0.5, 0.6) is 0 Å². The number of carbonyl (C=O) groups is 13. The Morgan fingerprint density at radius 3 is 1.03 bits per heavy atom. The highest BCUT2D eigenvalue weighted by Crippen LogP contribution is 2.33. The van der Waals surface area contributed by atoms with Gasteiger partial charge in [0.2, 0.25) is 0 Å². The zero-order valence-corrected chi connectivity index (χ0v) is 91.1. The molecule has 0 aliphatic heterocycles. The van der Waals surface area contributed by atoms with Crippen molar-refractivity contribution in [3.05, 3.63) is 59.7 Å². The topological polar surface area (TPSA) is 339 Å². The Labute approximate surface area is 805 Å². The van der Waals surface area contributed by atoms with Crippen molar-refractivity contribution in [1.29, 1.82) is 0 Å². The second kappa shape index (κ2) is 78.4. The third-order valence-corrected chi connectivity index (χ3v) is 20.1. The molecule has 1 aromatic carbocycles. The Hall–Kier alpha value is -6.63. The number of methoxy groups -OCH3 is 2. The van der Waals surface area contributed by atoms with Crippen LogP contribution in [0.1, 0.15) is 418 Å². The molecule has 1 aliphatic rings. The number of Topliss-reactive ketones (excluding diaryl/α,β-unsaturated/α-hetero) is 9. The first-order chi connectivity index (χ1) is 60.4. The summed E-state index contributed by atoms with van der Waals surface area (Å²) in [5.74, 6) is 0.337. The number of allylic oxidation sites excluding steroid dienone is 3. The van der Waals surface area contributed by atoms with Crippen molar-refractivity contribution in [2.75, 3.05) is 86.8 Å². The van der Waals surface area contributed by atoms with Gasteiger partial charge in [0.05, 0.1) is 78.8 Å². The number of aryl methyl sites for hydroxylation is 1. The number of hydrogen-bond acceptors (Lipinski definition) is 20. The summed E-state index contributed by atoms with van der Waals surface area (Å²) in [4.78, 5) is 145. The fourth-order valence-electron chi connectivity index (χ4n) is 10.3. The van der Waals surface area contributed by atoms with Crippen molar-refractivity contribution in [2.24, 2.45) is 60.1 Å². The fourth-order valence-corrected chi connectivity index (χ4v) is 10.3. The summed E-state index contributed by atoms with van der Waals surface area (Å²) in [6, 6.07) is 7.26. The maximum atomic E-state index is 12.0. The Morgan fingerprint density at radius 1 is 0.356 bits per heavy atom. The maximum Gasteiger partial charge on any atom is 0.307 e. The summed E-state index contributed by atoms with van der Waals surface area (Å²) in [5, 5.41) is 19.3. The molecular weight excluding hydrogens is 1680 g/mol. The molecule has 0 heterocycles. The highest BCUT2D eigenvalue weighted by molar-refractivity contribution is 5.97. The first kappa shape index (κ1) is 141. The zero-order valence-electron chi connectivity index (χ0n) is 91.1. The molecule has 1 amide bonds. The van der Waals surface area contributed by atoms with E-state index in [4.69, 9.17) is 43.4 Å². The predicted molar refractivity (Wildman–Crippen MR) is 541 cm³/mol. The summed E-state index contributed by atoms with van der Waals surface area (Å²) in [7, 11) is 3.23. The van der Waals surface area contributed by atoms with Crippen molar-refractivity contribution in [3.63, 3.8) is 0 Å². The Kier molecular flexibility index (Phi) is 83.6. The highest BCUT2D eigenvalue weighted by Gasteiger charge is 2.34. The van der Waals surface area contributed by atoms with Crippen molar-refractivity contribution < 1.29 is 106 Å². The van der Waals surface area contributed by atoms with Crippen LogP contribution in [0, 0.1) is 67.0 Å². The zero-order chi connectivity index (χ0) is 104. The van der Waals surface area contributed by atoms with Gasteiger partial charge in [0.25, 0.3) is 12.4 Å². The van der Waals surface area contributed by atoms with Crippen LogP contribution in [0.15, 0.2) is 48.6 Å². The second-order valence-electron chi connectivity index (χ2n) is 44.1. The summed E-state index contributed by atoms with van der Waals surface area (Å²) < 4.78 is 35.0. The first-order valence-electron chi connectivity index (χ1n) is 48.7. The summed E-state index contributed by atoms with van der Waals surface area (Å²) >= 11 is 0. The SMILES string of the molecule is CC(C)(C)C(=O)C/C=C/CC(=O)O.CC(C)(C)C(=O)C1CCC(OC=O)CC1.CC(C)(C)C(=O)CCOCCOCCC(=O)O.CC/C=C/CC(=O)C(C)(C)C.CCCCCC(=O)C(C)(C)C.CCCCCCC(C)(C)C.CCCCCCCC(=O)C(C)(C)C.COCCOCC(=O)C(C)(C)C.COCCOCCC(=O)C(C)(C)C.Cc1ccc(C(=O)NCC(=O)C(C)(C)C)cc1. The molecule has 23 nitrogen and oxygen atoms in total. The fraction of sp³-hybridized carbons (Fsp3) is 0.789. The molecular formula is C109H199NO22. The Morgan fingerprint density at radius 2 is 0.689 bits per heavy atom. The number of ether oxygens (including phenoxy) is 7. The van der Waals surface area contributed by atoms with E-state index in [1.54, 1.807) is 32.4 Å². The van der Waals surface area contributed by atoms with E-state index in [9.17, 15) is 62.3 Å². The van der Waals surface area contributed by atoms with Crippen LogP contribution in [-0.4, -0.2) is 180 Å². The van der Waals surface area contributed by atoms with E-state index in [-0.39, 0.29) is 123 Å². The summed E-state index contributed by atoms with van der Waals surface area (Å²) in [5.41, 5.74) is -0.0786. The molecule has 2 rings (SSSR count). The minimum absolute atomic E-state index is 0.00249. The standard InChI is InChI=1S/C14H19NO2.C12H22O5.C12H20O3.C12H24O.C10H20O3.C10H16O3.C10H20O.C10H18O.C10H22.C9H18O3/c1-10-5-7-11(8-6-10)13(17)15-9-12(16)14(2,3)4;1-12(2,3)10(13)4-6-16-8-9-17-7-5-11(14)15;1-12(2,3)11(14)9-4-6-10(7-5-9)15-8-13;1-5-6-7-8-9-10-11(13)12(2,3)4;1-10(2,3)9(11)5-6-13-8-7-12-4;1-10(2,3)8(11)6-4-5-7-9(12)13;2*1-5-6-7-8-9(11)10(2,3)4;1-5-6-7-8-9-10(2,3)4;1-9(2,3)8(10)7-12-6-5-11-4/h5-8H,9H2,1-4H3,(H,15,17);4-9H2,1-3H3,(H,14,15);8-10H,4-7H2,1-3H3;5-10H2,1-4H3;5-8H2,1-4H3;4-5H,6-7H2,1-3H3,(H,12,13);5-8H2,1-4H3;6-7H,5,8H2,1-4H3;5-9H2,1-4H3;5-7H2,1-4H3/b;;;;;5-4+;;7-6+;;. The smallest absolute Gasteiger partial charge is 0.307 e. The van der Waals surface area contributed by atoms with E-state index in [1.807, 2.05) is 218 Å². The number of amides is 1. The molecule has 132 heavy (non-hydrogen) atoms. The van der Waals surface area contributed by atoms with Crippen LogP contribution in [0.25, 0.3) is 0 Å². The molecule has 1 fully saturated rings. The molecule has 0 aromatic heterocycles. The van der Waals surface area contributed by atoms with Gasteiger partial charge in [-0.3, -0.25) is 62.3 Å². The maximum absolute atomic E-state index is 12.0. The van der Waals surface area contributed by atoms with Crippen LogP contribution in [0.4, 0.5) is 0 Å². The number of carboxylic acid groups (broad SMARTS) is 2. The number of aliphatic carboxylic acids is 2. The van der Waals surface area contributed by atoms with Gasteiger partial charge in [-0.1, -0.05) is 342 Å². The summed E-state index contributed by atoms with van der Waals surface area (Å²) in [6.07, 6.45) is 31.4. The van der Waals surface area contributed by atoms with Crippen LogP contribution >= 0.6 is 0 Å². The van der Waals surface area contributed by atoms with E-state index in [2.05, 4.69) is 53.8 Å². The Balaban J connectivity index is -0.000000217. The number of unbranched alkanes of at least 4 members (excludes halogenated alkanes) is 9. The lowest BCUT2D eigenvalue weighted by molar-refractivity contribution is -0.139. The first-order valence-corrected chi connectivity index (χ1v) is 48.7. The van der Waals surface area contributed by atoms with Gasteiger partial charge in [-0.25, -0.2) is 0 Å². The Bertz CT molecular complexity index is 3250. The van der Waals surface area contributed by atoms with Crippen LogP contribution in [0.2, 0.25) is 0 Å². The lowest BCUT2D eigenvalue weighted by Crippen LogP contribution is -2.35. The van der Waals surface area contributed by atoms with Gasteiger partial charge < -0.3 is 48.7 Å². The van der Waals surface area contributed by atoms with E-state index in [1.165, 1.54) is 76.7 Å². The van der Waals surface area contributed by atoms with Gasteiger partial charge in [-0.05, 0) is 75.8 Å². The van der Waals surface area contributed by atoms with Gasteiger partial charge in [0, 0.05) is 113 Å². The normalized spacial score (nSPS) is 13.4. The van der Waals surface area contributed by atoms with E-state index in [0.29, 0.717) is 119 Å². The van der Waals surface area contributed by atoms with Gasteiger partial charge in [-0.2, -0.15) is 0 Å². The van der Waals surface area contributed by atoms with Gasteiger partial charge >= 0.3 is 11.9 Å². The van der Waals surface area contributed by atoms with Crippen LogP contribution in [0.3, 0.4) is 0 Å². The van der Waals surface area contributed by atoms with Crippen molar-refractivity contribution >= 4 is 76.4 Å². The molecule has 0 atom stereocenters. The van der Waals surface area contributed by atoms with Crippen molar-refractivity contribution in [2.45, 2.75) is 415 Å². The monoisotopic (exact) mass is 1870 g/mol. The number of ketones is 9. The molecule has 3 N–H and O–H groups in total. The molecule has 23 heteroatoms. The minimum Gasteiger partial charge on any atom is -0.481 e. The molecule has 0 radical (unpaired) electrons. The van der Waals surface area contributed by atoms with Crippen LogP contribution < -0.4 is 5.32 Å². The van der Waals surface area contributed by atoms with E-state index >= 15 is 0 Å². The number of benzene rings is 1. The lowest BCUT2D eigenvalue weighted by Gasteiger charge is -2.30. The molecule has 0 saturated heterocycles. The molecule has 0 unspecified atom stereocenters. The van der Waals surface area contributed by atoms with Gasteiger partial charge in [0.1, 0.15) is 53.2 Å². The number of carboxylic acids is 2. The number of rotatable bonds is 47. The minimum atomic E-state index is -0.876. The van der Waals surface area contributed by atoms with Crippen LogP contribution in [-0.2, 0) is 90.7 Å². The van der Waals surface area contributed by atoms with E-state index in [0.717, 1.165) is 63.4 Å². The highest BCUT2D eigenvalue weighted by atomic mass is 16.5. The van der Waals surface area contributed by atoms with E-state index < -0.39 is 17.4 Å². The van der Waals surface area contributed by atoms with Crippen molar-refractivity contribution in [3.8, 4) is 0 Å². The third-order valence-electron chi connectivity index (χ3n) is 20.1. The molecule has 772 valence electrons. The molecule has 0 bridgehead atoms. The molecule has 1 aromatic rings. The molecule has 1 saturated carbocycles. The largest absolute Gasteiger partial charge is 0.481 e. The average Bonchev–Trinajstić information content (AvgIpc) is 0.841.